The highest BCUT2D eigenvalue weighted by atomic mass is 15.2. The largest absolute Gasteiger partial charge is 0.346 e. The van der Waals surface area contributed by atoms with Gasteiger partial charge in [-0.25, -0.2) is 0 Å². The maximum atomic E-state index is 5.37. The number of allylic oxidation sites excluding steroid dienone is 1. The minimum atomic E-state index is 0.550. The second-order valence-corrected chi connectivity index (χ2v) is 2.10. The molecule has 0 spiro atoms. The van der Waals surface area contributed by atoms with Gasteiger partial charge in [0.2, 0.25) is 0 Å². The molecule has 0 saturated heterocycles. The van der Waals surface area contributed by atoms with Crippen LogP contribution in [-0.2, 0) is 0 Å². The van der Waals surface area contributed by atoms with Crippen LogP contribution in [0.25, 0.3) is 0 Å². The fourth-order valence-corrected chi connectivity index (χ4v) is 0.762. The molecule has 0 atom stereocenters. The standard InChI is InChI=1S/C6H11N3/c1-6-2-8-5-9(3-6)4-7/h2-3H,4-5,7H2,1H3. The van der Waals surface area contributed by atoms with Crippen molar-refractivity contribution in [1.82, 2.24) is 4.90 Å². The Balaban J connectivity index is 2.55. The van der Waals surface area contributed by atoms with Gasteiger partial charge in [0, 0.05) is 12.4 Å². The highest BCUT2D eigenvalue weighted by Crippen LogP contribution is 1.98. The smallest absolute Gasteiger partial charge is 0.110 e. The molecule has 1 aliphatic heterocycles. The molecule has 0 bridgehead atoms. The molecule has 2 N–H and O–H groups in total. The number of aliphatic imine (C=N–C) groups is 1. The SMILES string of the molecule is CC1=CN(CN)CN=C1. The molecule has 0 aromatic heterocycles. The summed E-state index contributed by atoms with van der Waals surface area (Å²) in [4.78, 5) is 6.02. The van der Waals surface area contributed by atoms with Crippen molar-refractivity contribution in [3.05, 3.63) is 11.8 Å². The summed E-state index contributed by atoms with van der Waals surface area (Å²) in [6.07, 6.45) is 3.86. The first-order chi connectivity index (χ1) is 4.33. The summed E-state index contributed by atoms with van der Waals surface area (Å²) in [5.74, 6) is 0. The van der Waals surface area contributed by atoms with Gasteiger partial charge in [-0.1, -0.05) is 0 Å². The molecule has 3 nitrogen and oxygen atoms in total. The molecular weight excluding hydrogens is 114 g/mol. The third-order valence-electron chi connectivity index (χ3n) is 1.18. The summed E-state index contributed by atoms with van der Waals surface area (Å²) in [6.45, 7) is 3.26. The predicted molar refractivity (Wildman–Crippen MR) is 38.0 cm³/mol. The van der Waals surface area contributed by atoms with Gasteiger partial charge in [0.1, 0.15) is 6.67 Å². The predicted octanol–water partition coefficient (Wildman–Crippen LogP) is 0.150. The molecule has 1 heterocycles. The van der Waals surface area contributed by atoms with Crippen molar-refractivity contribution in [2.45, 2.75) is 6.92 Å². The molecule has 0 aromatic carbocycles. The third kappa shape index (κ3) is 1.54. The summed E-state index contributed by atoms with van der Waals surface area (Å²) < 4.78 is 0. The highest BCUT2D eigenvalue weighted by Gasteiger charge is 1.98. The fourth-order valence-electron chi connectivity index (χ4n) is 0.762. The first kappa shape index (κ1) is 6.29. The zero-order valence-electron chi connectivity index (χ0n) is 5.54. The number of hydrogen-bond acceptors (Lipinski definition) is 3. The molecule has 3 heteroatoms. The lowest BCUT2D eigenvalue weighted by molar-refractivity contribution is 0.395. The molecule has 9 heavy (non-hydrogen) atoms. The quantitative estimate of drug-likeness (QED) is 0.542. The second kappa shape index (κ2) is 2.64. The van der Waals surface area contributed by atoms with Crippen LogP contribution >= 0.6 is 0 Å². The minimum absolute atomic E-state index is 0.550. The first-order valence-corrected chi connectivity index (χ1v) is 2.95. The van der Waals surface area contributed by atoms with E-state index in [1.54, 1.807) is 0 Å². The molecular formula is C6H11N3. The lowest BCUT2D eigenvalue weighted by Crippen LogP contribution is -2.27. The van der Waals surface area contributed by atoms with Gasteiger partial charge in [0.25, 0.3) is 0 Å². The average Bonchev–Trinajstić information content (AvgIpc) is 1.88. The van der Waals surface area contributed by atoms with E-state index in [2.05, 4.69) is 4.99 Å². The summed E-state index contributed by atoms with van der Waals surface area (Å²) in [5.41, 5.74) is 6.53. The van der Waals surface area contributed by atoms with E-state index in [9.17, 15) is 0 Å². The topological polar surface area (TPSA) is 41.6 Å². The maximum absolute atomic E-state index is 5.37. The molecule has 0 aromatic rings. The van der Waals surface area contributed by atoms with Crippen LogP contribution in [0.3, 0.4) is 0 Å². The van der Waals surface area contributed by atoms with Crippen LogP contribution in [-0.4, -0.2) is 24.5 Å². The lowest BCUT2D eigenvalue weighted by Gasteiger charge is -2.18. The maximum Gasteiger partial charge on any atom is 0.110 e. The second-order valence-electron chi connectivity index (χ2n) is 2.10. The molecule has 50 valence electrons. The third-order valence-corrected chi connectivity index (χ3v) is 1.18. The Hall–Kier alpha value is -0.830. The van der Waals surface area contributed by atoms with Gasteiger partial charge < -0.3 is 10.6 Å². The van der Waals surface area contributed by atoms with Gasteiger partial charge in [-0.15, -0.1) is 0 Å². The number of rotatable bonds is 1. The zero-order chi connectivity index (χ0) is 6.69. The molecule has 0 radical (unpaired) electrons. The molecule has 1 rings (SSSR count). The van der Waals surface area contributed by atoms with E-state index >= 15 is 0 Å². The van der Waals surface area contributed by atoms with Crippen LogP contribution < -0.4 is 5.73 Å². The van der Waals surface area contributed by atoms with Gasteiger partial charge >= 0.3 is 0 Å². The molecule has 0 fully saturated rings. The Kier molecular flexibility index (Phi) is 1.85. The lowest BCUT2D eigenvalue weighted by atomic mass is 10.3. The van der Waals surface area contributed by atoms with E-state index in [4.69, 9.17) is 5.73 Å². The Morgan fingerprint density at radius 3 is 3.11 bits per heavy atom. The molecule has 0 aliphatic carbocycles. The van der Waals surface area contributed by atoms with E-state index in [0.29, 0.717) is 13.3 Å². The van der Waals surface area contributed by atoms with Crippen LogP contribution in [0.5, 0.6) is 0 Å². The van der Waals surface area contributed by atoms with Crippen LogP contribution in [0.15, 0.2) is 16.8 Å². The zero-order valence-corrected chi connectivity index (χ0v) is 5.54. The van der Waals surface area contributed by atoms with E-state index in [1.807, 2.05) is 24.2 Å². The Bertz CT molecular complexity index is 148. The van der Waals surface area contributed by atoms with Crippen molar-refractivity contribution in [3.63, 3.8) is 0 Å². The van der Waals surface area contributed by atoms with Crippen molar-refractivity contribution >= 4 is 6.21 Å². The van der Waals surface area contributed by atoms with Crippen molar-refractivity contribution in [3.8, 4) is 0 Å². The Morgan fingerprint density at radius 2 is 2.67 bits per heavy atom. The van der Waals surface area contributed by atoms with E-state index < -0.39 is 0 Å². The molecule has 0 unspecified atom stereocenters. The van der Waals surface area contributed by atoms with Crippen LogP contribution in [0, 0.1) is 0 Å². The first-order valence-electron chi connectivity index (χ1n) is 2.95. The van der Waals surface area contributed by atoms with Gasteiger partial charge in [-0.2, -0.15) is 0 Å². The Labute approximate surface area is 54.9 Å². The van der Waals surface area contributed by atoms with Crippen molar-refractivity contribution in [1.29, 1.82) is 0 Å². The van der Waals surface area contributed by atoms with Gasteiger partial charge in [0.05, 0.1) is 6.67 Å². The average molecular weight is 125 g/mol. The number of nitrogens with zero attached hydrogens (tertiary/aromatic N) is 2. The summed E-state index contributed by atoms with van der Waals surface area (Å²) in [7, 11) is 0. The van der Waals surface area contributed by atoms with Gasteiger partial charge in [-0.3, -0.25) is 4.99 Å². The van der Waals surface area contributed by atoms with Crippen molar-refractivity contribution < 1.29 is 0 Å². The van der Waals surface area contributed by atoms with Crippen LogP contribution in [0.2, 0.25) is 0 Å². The summed E-state index contributed by atoms with van der Waals surface area (Å²) in [5, 5.41) is 0. The van der Waals surface area contributed by atoms with Gasteiger partial charge in [0.15, 0.2) is 0 Å². The normalized spacial score (nSPS) is 18.0. The van der Waals surface area contributed by atoms with Crippen molar-refractivity contribution in [2.24, 2.45) is 10.7 Å². The van der Waals surface area contributed by atoms with E-state index in [-0.39, 0.29) is 0 Å². The van der Waals surface area contributed by atoms with E-state index in [1.165, 1.54) is 0 Å². The monoisotopic (exact) mass is 125 g/mol. The van der Waals surface area contributed by atoms with Crippen LogP contribution in [0.4, 0.5) is 0 Å². The summed E-state index contributed by atoms with van der Waals surface area (Å²) in [6, 6.07) is 0. The van der Waals surface area contributed by atoms with Crippen molar-refractivity contribution in [2.75, 3.05) is 13.3 Å². The minimum Gasteiger partial charge on any atom is -0.346 e. The van der Waals surface area contributed by atoms with Crippen LogP contribution in [0.1, 0.15) is 6.92 Å². The number of hydrogen-bond donors (Lipinski definition) is 1. The highest BCUT2D eigenvalue weighted by molar-refractivity contribution is 5.78. The van der Waals surface area contributed by atoms with Gasteiger partial charge in [-0.05, 0) is 12.5 Å². The summed E-state index contributed by atoms with van der Waals surface area (Å²) >= 11 is 0. The van der Waals surface area contributed by atoms with E-state index in [0.717, 1.165) is 5.57 Å². The fraction of sp³-hybridized carbons (Fsp3) is 0.500. The Morgan fingerprint density at radius 1 is 1.89 bits per heavy atom. The molecule has 0 amide bonds. The molecule has 0 saturated carbocycles. The number of nitrogens with two attached hydrogens (primary N) is 1. The molecule has 1 aliphatic rings.